The molecule has 6 heteroatoms. The van der Waals surface area contributed by atoms with E-state index in [1.165, 1.54) is 27.7 Å². The molecule has 0 heterocycles. The Kier molecular flexibility index (Phi) is 4.20. The van der Waals surface area contributed by atoms with Crippen LogP contribution in [-0.2, 0) is 14.4 Å². The number of carboxylic acid groups (broad SMARTS) is 1. The van der Waals surface area contributed by atoms with E-state index in [1.54, 1.807) is 0 Å². The van der Waals surface area contributed by atoms with Gasteiger partial charge in [0.15, 0.2) is 0 Å². The number of nitrogens with two attached hydrogens (primary N) is 1. The van der Waals surface area contributed by atoms with E-state index >= 15 is 0 Å². The highest BCUT2D eigenvalue weighted by molar-refractivity contribution is 5.94. The summed E-state index contributed by atoms with van der Waals surface area (Å²) >= 11 is 0. The third kappa shape index (κ3) is 3.98. The molecule has 0 saturated carbocycles. The van der Waals surface area contributed by atoms with Gasteiger partial charge in [0.25, 0.3) is 0 Å². The summed E-state index contributed by atoms with van der Waals surface area (Å²) in [6, 6.07) is 0. The molecule has 1 amide bonds. The number of hydrogen-bond donors (Lipinski definition) is 3. The smallest absolute Gasteiger partial charge is 0.328 e. The van der Waals surface area contributed by atoms with Gasteiger partial charge in [-0.3, -0.25) is 9.59 Å². The molecule has 92 valence electrons. The van der Waals surface area contributed by atoms with Crippen molar-refractivity contribution in [2.75, 3.05) is 0 Å². The molecule has 0 aliphatic heterocycles. The minimum absolute atomic E-state index is 0.130. The number of carbonyl (C=O) groups excluding carboxylic acids is 2. The standard InChI is InChI=1S/C10H18N2O4/c1-6(13)5-10(4,11)7(14)12-9(2,3)8(15)16/h5,11H2,1-4H3,(H,12,14)(H,15,16). The van der Waals surface area contributed by atoms with E-state index in [4.69, 9.17) is 10.8 Å². The van der Waals surface area contributed by atoms with Crippen LogP contribution in [0.1, 0.15) is 34.1 Å². The van der Waals surface area contributed by atoms with Gasteiger partial charge in [0.2, 0.25) is 5.91 Å². The van der Waals surface area contributed by atoms with Crippen LogP contribution >= 0.6 is 0 Å². The van der Waals surface area contributed by atoms with Gasteiger partial charge >= 0.3 is 5.97 Å². The average Bonchev–Trinajstić information content (AvgIpc) is 1.99. The second kappa shape index (κ2) is 4.61. The number of hydrogen-bond acceptors (Lipinski definition) is 4. The van der Waals surface area contributed by atoms with Gasteiger partial charge in [-0.25, -0.2) is 4.79 Å². The SMILES string of the molecule is CC(=O)CC(C)(N)C(=O)NC(C)(C)C(=O)O. The summed E-state index contributed by atoms with van der Waals surface area (Å²) < 4.78 is 0. The summed E-state index contributed by atoms with van der Waals surface area (Å²) in [6.45, 7) is 5.40. The van der Waals surface area contributed by atoms with Crippen molar-refractivity contribution in [1.29, 1.82) is 0 Å². The molecule has 0 aliphatic carbocycles. The molecule has 0 fully saturated rings. The number of carboxylic acids is 1. The first-order chi connectivity index (χ1) is 6.99. The van der Waals surface area contributed by atoms with Crippen molar-refractivity contribution >= 4 is 17.7 Å². The number of Topliss-reactive ketones (excluding diaryl/α,β-unsaturated/α-hetero) is 1. The minimum Gasteiger partial charge on any atom is -0.480 e. The van der Waals surface area contributed by atoms with Crippen LogP contribution in [0.3, 0.4) is 0 Å². The quantitative estimate of drug-likeness (QED) is 0.598. The highest BCUT2D eigenvalue weighted by Gasteiger charge is 2.36. The first-order valence-electron chi connectivity index (χ1n) is 4.83. The Hall–Kier alpha value is -1.43. The molecule has 0 radical (unpaired) electrons. The van der Waals surface area contributed by atoms with Gasteiger partial charge in [0.1, 0.15) is 11.3 Å². The minimum atomic E-state index is -1.41. The van der Waals surface area contributed by atoms with Gasteiger partial charge in [-0.1, -0.05) is 0 Å². The molecule has 16 heavy (non-hydrogen) atoms. The second-order valence-electron chi connectivity index (χ2n) is 4.68. The van der Waals surface area contributed by atoms with Crippen molar-refractivity contribution in [3.05, 3.63) is 0 Å². The summed E-state index contributed by atoms with van der Waals surface area (Å²) in [5.41, 5.74) is 2.84. The molecule has 0 spiro atoms. The van der Waals surface area contributed by atoms with Crippen molar-refractivity contribution in [2.45, 2.75) is 45.2 Å². The Bertz CT molecular complexity index is 321. The number of rotatable bonds is 5. The zero-order chi connectivity index (χ0) is 13.1. The Morgan fingerprint density at radius 3 is 2.00 bits per heavy atom. The van der Waals surface area contributed by atoms with Crippen molar-refractivity contribution in [3.63, 3.8) is 0 Å². The third-order valence-corrected chi connectivity index (χ3v) is 2.10. The maximum absolute atomic E-state index is 11.7. The van der Waals surface area contributed by atoms with Gasteiger partial charge in [-0.05, 0) is 27.7 Å². The van der Waals surface area contributed by atoms with Gasteiger partial charge < -0.3 is 16.2 Å². The number of ketones is 1. The molecule has 0 aromatic carbocycles. The monoisotopic (exact) mass is 230 g/mol. The summed E-state index contributed by atoms with van der Waals surface area (Å²) in [5, 5.41) is 11.1. The first-order valence-corrected chi connectivity index (χ1v) is 4.83. The van der Waals surface area contributed by atoms with Crippen molar-refractivity contribution in [3.8, 4) is 0 Å². The molecule has 0 bridgehead atoms. The van der Waals surface area contributed by atoms with Gasteiger partial charge in [-0.15, -0.1) is 0 Å². The molecular formula is C10H18N2O4. The van der Waals surface area contributed by atoms with Gasteiger partial charge in [0.05, 0.1) is 5.54 Å². The summed E-state index contributed by atoms with van der Waals surface area (Å²) in [4.78, 5) is 33.3. The van der Waals surface area contributed by atoms with E-state index in [1.807, 2.05) is 0 Å². The fourth-order valence-electron chi connectivity index (χ4n) is 1.08. The van der Waals surface area contributed by atoms with Crippen LogP contribution < -0.4 is 11.1 Å². The zero-order valence-corrected chi connectivity index (χ0v) is 9.96. The molecule has 1 atom stereocenters. The summed E-state index contributed by atoms with van der Waals surface area (Å²) in [7, 11) is 0. The lowest BCUT2D eigenvalue weighted by molar-refractivity contribution is -0.147. The number of amides is 1. The van der Waals surface area contributed by atoms with E-state index in [0.717, 1.165) is 0 Å². The van der Waals surface area contributed by atoms with Gasteiger partial charge in [0, 0.05) is 6.42 Å². The third-order valence-electron chi connectivity index (χ3n) is 2.10. The largest absolute Gasteiger partial charge is 0.480 e. The number of aliphatic carboxylic acids is 1. The molecular weight excluding hydrogens is 212 g/mol. The molecule has 6 nitrogen and oxygen atoms in total. The predicted molar refractivity (Wildman–Crippen MR) is 57.7 cm³/mol. The molecule has 1 unspecified atom stereocenters. The van der Waals surface area contributed by atoms with Crippen molar-refractivity contribution < 1.29 is 19.5 Å². The fourth-order valence-corrected chi connectivity index (χ4v) is 1.08. The van der Waals surface area contributed by atoms with Crippen LogP contribution in [0.25, 0.3) is 0 Å². The van der Waals surface area contributed by atoms with Crippen LogP contribution in [-0.4, -0.2) is 33.8 Å². The number of nitrogens with one attached hydrogen (secondary N) is 1. The lowest BCUT2D eigenvalue weighted by Gasteiger charge is -2.28. The predicted octanol–water partition coefficient (Wildman–Crippen LogP) is -0.338. The highest BCUT2D eigenvalue weighted by atomic mass is 16.4. The normalized spacial score (nSPS) is 15.1. The van der Waals surface area contributed by atoms with Crippen LogP contribution in [0.5, 0.6) is 0 Å². The maximum atomic E-state index is 11.7. The van der Waals surface area contributed by atoms with Crippen molar-refractivity contribution in [1.82, 2.24) is 5.32 Å². The lowest BCUT2D eigenvalue weighted by atomic mass is 9.94. The molecule has 0 aromatic rings. The lowest BCUT2D eigenvalue weighted by Crippen LogP contribution is -2.60. The Morgan fingerprint density at radius 2 is 1.69 bits per heavy atom. The Balaban J connectivity index is 4.70. The molecule has 0 aliphatic rings. The van der Waals surface area contributed by atoms with Crippen LogP contribution in [0, 0.1) is 0 Å². The van der Waals surface area contributed by atoms with E-state index in [0.29, 0.717) is 0 Å². The Morgan fingerprint density at radius 1 is 1.25 bits per heavy atom. The first kappa shape index (κ1) is 14.6. The van der Waals surface area contributed by atoms with Crippen LogP contribution in [0.4, 0.5) is 0 Å². The summed E-state index contributed by atoms with van der Waals surface area (Å²) in [6.07, 6.45) is -0.130. The molecule has 0 saturated heterocycles. The van der Waals surface area contributed by atoms with E-state index in [9.17, 15) is 14.4 Å². The van der Waals surface area contributed by atoms with Crippen LogP contribution in [0.15, 0.2) is 0 Å². The zero-order valence-electron chi connectivity index (χ0n) is 9.96. The topological polar surface area (TPSA) is 109 Å². The molecule has 4 N–H and O–H groups in total. The van der Waals surface area contributed by atoms with E-state index in [-0.39, 0.29) is 12.2 Å². The van der Waals surface area contributed by atoms with Crippen LogP contribution in [0.2, 0.25) is 0 Å². The van der Waals surface area contributed by atoms with E-state index in [2.05, 4.69) is 5.32 Å². The Labute approximate surface area is 94.2 Å². The van der Waals surface area contributed by atoms with E-state index < -0.39 is 23.0 Å². The highest BCUT2D eigenvalue weighted by Crippen LogP contribution is 2.10. The summed E-state index contributed by atoms with van der Waals surface area (Å²) in [5.74, 6) is -2.05. The molecule has 0 aromatic heterocycles. The average molecular weight is 230 g/mol. The molecule has 0 rings (SSSR count). The number of carbonyl (C=O) groups is 3. The van der Waals surface area contributed by atoms with Gasteiger partial charge in [-0.2, -0.15) is 0 Å². The van der Waals surface area contributed by atoms with Crippen molar-refractivity contribution in [2.24, 2.45) is 5.73 Å². The second-order valence-corrected chi connectivity index (χ2v) is 4.68. The fraction of sp³-hybridized carbons (Fsp3) is 0.700. The maximum Gasteiger partial charge on any atom is 0.328 e.